The van der Waals surface area contributed by atoms with Gasteiger partial charge in [0.2, 0.25) is 0 Å². The van der Waals surface area contributed by atoms with Gasteiger partial charge in [-0.1, -0.05) is 146 Å². The highest BCUT2D eigenvalue weighted by atomic mass is 15.2. The van der Waals surface area contributed by atoms with Gasteiger partial charge in [-0.25, -0.2) is 0 Å². The van der Waals surface area contributed by atoms with E-state index >= 15 is 0 Å². The molecule has 0 amide bonds. The standard InChI is InChI=1S/C72H54N4/c1-43-39-65(67(47(5)45(43)3)49-23-11-7-12-24-49)73(51-27-15-9-16-28-51)61-37-35-53-57-41-64-58(42-63(57)75-59-33-21-19-31-55(59)69(61)71(53)75)54-36-38-62(70-56-32-20-22-34-60(56)76(64)72(54)70)74(52-29-17-10-18-30-52)66-40-44(2)46(4)48(6)68(66)50-25-13-8-14-26-50/h7-42H,1-6H3. The minimum absolute atomic E-state index is 1.12. The highest BCUT2D eigenvalue weighted by molar-refractivity contribution is 6.32. The SMILES string of the molecule is Cc1cc(N(c2ccccc2)c2ccc3c4cc5c(cc4n4c6ccccc6c2c34)c2ccc(N(c3ccccc3)c3cc(C)c(C)c(C)c3-c3ccccc3)c3c4ccccc4n5c23)c(-c2ccccc2)c(C)c1C. The molecule has 15 aromatic rings. The van der Waals surface area contributed by atoms with E-state index in [-0.39, 0.29) is 0 Å². The molecule has 11 aromatic carbocycles. The number of benzene rings is 11. The first-order valence-electron chi connectivity index (χ1n) is 26.6. The van der Waals surface area contributed by atoms with Crippen molar-refractivity contribution < 1.29 is 0 Å². The van der Waals surface area contributed by atoms with Gasteiger partial charge < -0.3 is 18.6 Å². The second-order valence-electron chi connectivity index (χ2n) is 21.1. The van der Waals surface area contributed by atoms with Crippen LogP contribution in [0, 0.1) is 41.5 Å². The molecule has 0 radical (unpaired) electrons. The van der Waals surface area contributed by atoms with Gasteiger partial charge in [-0.3, -0.25) is 0 Å². The van der Waals surface area contributed by atoms with Crippen LogP contribution in [0.25, 0.3) is 98.4 Å². The van der Waals surface area contributed by atoms with Crippen LogP contribution in [0.4, 0.5) is 34.1 Å². The third-order valence-corrected chi connectivity index (χ3v) is 17.2. The molecule has 0 atom stereocenters. The molecule has 4 heteroatoms. The van der Waals surface area contributed by atoms with E-state index in [1.54, 1.807) is 0 Å². The molecule has 0 fully saturated rings. The molecule has 0 bridgehead atoms. The fourth-order valence-electron chi connectivity index (χ4n) is 13.2. The lowest BCUT2D eigenvalue weighted by molar-refractivity contribution is 1.22. The molecule has 15 rings (SSSR count). The lowest BCUT2D eigenvalue weighted by Gasteiger charge is -2.31. The number of aromatic nitrogens is 2. The number of nitrogens with zero attached hydrogens (tertiary/aromatic N) is 4. The molecule has 0 saturated heterocycles. The van der Waals surface area contributed by atoms with Crippen LogP contribution < -0.4 is 9.80 Å². The molecule has 4 aromatic heterocycles. The quantitative estimate of drug-likeness (QED) is 0.151. The number of hydrogen-bond donors (Lipinski definition) is 0. The molecular weight excluding hydrogens is 921 g/mol. The average molecular weight is 975 g/mol. The molecule has 0 aliphatic heterocycles. The molecule has 4 nitrogen and oxygen atoms in total. The Bertz CT molecular complexity index is 4490. The zero-order chi connectivity index (χ0) is 51.1. The van der Waals surface area contributed by atoms with Crippen molar-refractivity contribution in [2.75, 3.05) is 9.80 Å². The van der Waals surface area contributed by atoms with Crippen molar-refractivity contribution in [3.63, 3.8) is 0 Å². The molecular formula is C72H54N4. The van der Waals surface area contributed by atoms with Crippen LogP contribution in [0.5, 0.6) is 0 Å². The molecule has 0 spiro atoms. The van der Waals surface area contributed by atoms with Gasteiger partial charge >= 0.3 is 0 Å². The monoisotopic (exact) mass is 974 g/mol. The molecule has 0 N–H and O–H groups in total. The number of rotatable bonds is 8. The Kier molecular flexibility index (Phi) is 9.62. The maximum absolute atomic E-state index is 2.56. The summed E-state index contributed by atoms with van der Waals surface area (Å²) in [4.78, 5) is 5.05. The second kappa shape index (κ2) is 16.6. The average Bonchev–Trinajstić information content (AvgIpc) is 4.26. The maximum Gasteiger partial charge on any atom is 0.0641 e. The molecule has 0 unspecified atom stereocenters. The highest BCUT2D eigenvalue weighted by Crippen LogP contribution is 2.54. The van der Waals surface area contributed by atoms with E-state index in [4.69, 9.17) is 0 Å². The van der Waals surface area contributed by atoms with Crippen molar-refractivity contribution in [2.45, 2.75) is 41.5 Å². The third kappa shape index (κ3) is 6.13. The summed E-state index contributed by atoms with van der Waals surface area (Å²) in [6, 6.07) is 81.3. The van der Waals surface area contributed by atoms with Gasteiger partial charge in [0.25, 0.3) is 0 Å². The van der Waals surface area contributed by atoms with Gasteiger partial charge in [0.15, 0.2) is 0 Å². The Morgan fingerprint density at radius 2 is 0.632 bits per heavy atom. The van der Waals surface area contributed by atoms with Gasteiger partial charge in [0, 0.05) is 65.6 Å². The van der Waals surface area contributed by atoms with Gasteiger partial charge in [-0.05, 0) is 159 Å². The van der Waals surface area contributed by atoms with E-state index in [0.29, 0.717) is 0 Å². The minimum Gasteiger partial charge on any atom is -0.309 e. The van der Waals surface area contributed by atoms with Crippen molar-refractivity contribution in [3.8, 4) is 22.3 Å². The van der Waals surface area contributed by atoms with Crippen LogP contribution in [0.15, 0.2) is 218 Å². The van der Waals surface area contributed by atoms with E-state index in [2.05, 4.69) is 279 Å². The van der Waals surface area contributed by atoms with Crippen molar-refractivity contribution in [1.29, 1.82) is 0 Å². The Morgan fingerprint density at radius 1 is 0.276 bits per heavy atom. The Morgan fingerprint density at radius 3 is 1.03 bits per heavy atom. The van der Waals surface area contributed by atoms with Crippen LogP contribution in [-0.4, -0.2) is 8.80 Å². The summed E-state index contributed by atoms with van der Waals surface area (Å²) < 4.78 is 5.13. The van der Waals surface area contributed by atoms with Crippen molar-refractivity contribution in [1.82, 2.24) is 8.80 Å². The number of hydrogen-bond acceptors (Lipinski definition) is 2. The van der Waals surface area contributed by atoms with Gasteiger partial charge in [-0.2, -0.15) is 0 Å². The summed E-state index contributed by atoms with van der Waals surface area (Å²) in [5.74, 6) is 0. The van der Waals surface area contributed by atoms with Gasteiger partial charge in [0.1, 0.15) is 0 Å². The lowest BCUT2D eigenvalue weighted by Crippen LogP contribution is -2.13. The van der Waals surface area contributed by atoms with E-state index < -0.39 is 0 Å². The largest absolute Gasteiger partial charge is 0.309 e. The summed E-state index contributed by atoms with van der Waals surface area (Å²) in [5, 5.41) is 9.97. The summed E-state index contributed by atoms with van der Waals surface area (Å²) in [7, 11) is 0. The number of para-hydroxylation sites is 4. The maximum atomic E-state index is 2.56. The molecule has 76 heavy (non-hydrogen) atoms. The van der Waals surface area contributed by atoms with Crippen molar-refractivity contribution in [3.05, 3.63) is 252 Å². The van der Waals surface area contributed by atoms with E-state index in [1.165, 1.54) is 143 Å². The Labute approximate surface area is 442 Å². The second-order valence-corrected chi connectivity index (χ2v) is 21.1. The summed E-state index contributed by atoms with van der Waals surface area (Å²) in [6.45, 7) is 13.6. The van der Waals surface area contributed by atoms with Crippen LogP contribution in [0.3, 0.4) is 0 Å². The molecule has 4 heterocycles. The Hall–Kier alpha value is -9.38. The predicted molar refractivity (Wildman–Crippen MR) is 324 cm³/mol. The first-order valence-corrected chi connectivity index (χ1v) is 26.6. The minimum atomic E-state index is 1.12. The summed E-state index contributed by atoms with van der Waals surface area (Å²) in [6.07, 6.45) is 0. The fraction of sp³-hybridized carbons (Fsp3) is 0.0833. The van der Waals surface area contributed by atoms with Crippen LogP contribution in [0.1, 0.15) is 33.4 Å². The normalized spacial score (nSPS) is 12.1. The zero-order valence-electron chi connectivity index (χ0n) is 43.6. The third-order valence-electron chi connectivity index (χ3n) is 17.2. The molecule has 362 valence electrons. The molecule has 0 saturated carbocycles. The highest BCUT2D eigenvalue weighted by Gasteiger charge is 2.30. The van der Waals surface area contributed by atoms with Crippen LogP contribution in [-0.2, 0) is 0 Å². The van der Waals surface area contributed by atoms with Crippen LogP contribution in [0.2, 0.25) is 0 Å². The topological polar surface area (TPSA) is 15.3 Å². The summed E-state index contributed by atoms with van der Waals surface area (Å²) in [5.41, 5.74) is 27.0. The van der Waals surface area contributed by atoms with Crippen molar-refractivity contribution in [2.24, 2.45) is 0 Å². The first kappa shape index (κ1) is 44.1. The van der Waals surface area contributed by atoms with Crippen molar-refractivity contribution >= 4 is 110 Å². The lowest BCUT2D eigenvalue weighted by atomic mass is 9.91. The van der Waals surface area contributed by atoms with Gasteiger partial charge in [0.05, 0.1) is 55.8 Å². The first-order chi connectivity index (χ1) is 37.3. The van der Waals surface area contributed by atoms with Gasteiger partial charge in [-0.15, -0.1) is 0 Å². The van der Waals surface area contributed by atoms with E-state index in [0.717, 1.165) is 22.7 Å². The van der Waals surface area contributed by atoms with E-state index in [9.17, 15) is 0 Å². The summed E-state index contributed by atoms with van der Waals surface area (Å²) >= 11 is 0. The number of anilines is 6. The smallest absolute Gasteiger partial charge is 0.0641 e. The van der Waals surface area contributed by atoms with E-state index in [1.807, 2.05) is 0 Å². The number of aryl methyl sites for hydroxylation is 2. The number of fused-ring (bicyclic) bond motifs is 12. The zero-order valence-corrected chi connectivity index (χ0v) is 43.6. The Balaban J connectivity index is 1.02. The molecule has 0 aliphatic carbocycles. The van der Waals surface area contributed by atoms with Crippen LogP contribution >= 0.6 is 0 Å². The molecule has 0 aliphatic rings. The predicted octanol–water partition coefficient (Wildman–Crippen LogP) is 20.1. The fourth-order valence-corrected chi connectivity index (χ4v) is 13.2.